The van der Waals surface area contributed by atoms with Crippen LogP contribution in [0.4, 0.5) is 0 Å². The van der Waals surface area contributed by atoms with Gasteiger partial charge >= 0.3 is 0 Å². The summed E-state index contributed by atoms with van der Waals surface area (Å²) in [5.74, 6) is 0.881. The number of likely N-dealkylation sites (tertiary alicyclic amines) is 2. The molecule has 1 aromatic carbocycles. The first-order valence-electron chi connectivity index (χ1n) is 10.3. The number of nitrogens with zero attached hydrogens (tertiary/aromatic N) is 3. The van der Waals surface area contributed by atoms with Crippen molar-refractivity contribution in [2.75, 3.05) is 40.8 Å². The molecule has 2 amide bonds. The monoisotopic (exact) mass is 387 g/mol. The highest BCUT2D eigenvalue weighted by Crippen LogP contribution is 2.38. The minimum absolute atomic E-state index is 0.134. The first-order valence-corrected chi connectivity index (χ1v) is 10.3. The second kappa shape index (κ2) is 8.95. The molecule has 2 saturated heterocycles. The molecule has 28 heavy (non-hydrogen) atoms. The van der Waals surface area contributed by atoms with Crippen LogP contribution in [0.25, 0.3) is 0 Å². The molecular formula is C22H33N3O3. The van der Waals surface area contributed by atoms with Gasteiger partial charge in [-0.05, 0) is 64.0 Å². The van der Waals surface area contributed by atoms with Crippen LogP contribution in [0.1, 0.15) is 44.2 Å². The molecule has 2 aliphatic heterocycles. The van der Waals surface area contributed by atoms with Crippen molar-refractivity contribution >= 4 is 11.8 Å². The zero-order valence-electron chi connectivity index (χ0n) is 17.6. The number of hydrogen-bond acceptors (Lipinski definition) is 4. The minimum atomic E-state index is -0.210. The van der Waals surface area contributed by atoms with Gasteiger partial charge in [0, 0.05) is 26.1 Å². The Hall–Kier alpha value is -2.08. The summed E-state index contributed by atoms with van der Waals surface area (Å²) in [6, 6.07) is 7.86. The van der Waals surface area contributed by atoms with E-state index in [1.165, 1.54) is 0 Å². The number of hydrogen-bond donors (Lipinski definition) is 0. The van der Waals surface area contributed by atoms with E-state index < -0.39 is 0 Å². The third-order valence-electron chi connectivity index (χ3n) is 6.41. The fourth-order valence-corrected chi connectivity index (χ4v) is 4.62. The first kappa shape index (κ1) is 20.6. The molecule has 0 aliphatic carbocycles. The number of methoxy groups -OCH3 is 1. The largest absolute Gasteiger partial charge is 0.497 e. The predicted molar refractivity (Wildman–Crippen MR) is 109 cm³/mol. The summed E-state index contributed by atoms with van der Waals surface area (Å²) in [4.78, 5) is 32.2. The van der Waals surface area contributed by atoms with E-state index in [0.29, 0.717) is 19.4 Å². The maximum Gasteiger partial charge on any atom is 0.228 e. The standard InChI is InChI=1S/C22H33N3O3/c1-5-25-20(26)11-10-19(21(25)16-6-8-18(28-4)9-7-16)22(27)24(3)17-12-14-23(2)15-13-17/h6-9,17,19,21H,5,10-15H2,1-4H3/t19-,21+/m1/s1. The second-order valence-corrected chi connectivity index (χ2v) is 8.03. The summed E-state index contributed by atoms with van der Waals surface area (Å²) >= 11 is 0. The van der Waals surface area contributed by atoms with Gasteiger partial charge in [-0.15, -0.1) is 0 Å². The number of ether oxygens (including phenoxy) is 1. The molecule has 0 bridgehead atoms. The average Bonchev–Trinajstić information content (AvgIpc) is 2.73. The molecular weight excluding hydrogens is 354 g/mol. The van der Waals surface area contributed by atoms with Crippen molar-refractivity contribution in [1.82, 2.24) is 14.7 Å². The average molecular weight is 388 g/mol. The van der Waals surface area contributed by atoms with Gasteiger partial charge < -0.3 is 19.4 Å². The molecule has 2 heterocycles. The van der Waals surface area contributed by atoms with E-state index in [4.69, 9.17) is 4.74 Å². The fourth-order valence-electron chi connectivity index (χ4n) is 4.62. The topological polar surface area (TPSA) is 53.1 Å². The molecule has 0 N–H and O–H groups in total. The SMILES string of the molecule is CCN1C(=O)CC[C@@H](C(=O)N(C)C2CCN(C)CC2)[C@@H]1c1ccc(OC)cc1. The maximum absolute atomic E-state index is 13.5. The Kier molecular flexibility index (Phi) is 6.60. The molecule has 2 fully saturated rings. The highest BCUT2D eigenvalue weighted by Gasteiger charge is 2.42. The van der Waals surface area contributed by atoms with Crippen molar-refractivity contribution in [2.24, 2.45) is 5.92 Å². The van der Waals surface area contributed by atoms with Crippen LogP contribution in [0, 0.1) is 5.92 Å². The summed E-state index contributed by atoms with van der Waals surface area (Å²) in [5.41, 5.74) is 1.01. The highest BCUT2D eigenvalue weighted by atomic mass is 16.5. The number of benzene rings is 1. The molecule has 2 aliphatic rings. The lowest BCUT2D eigenvalue weighted by Gasteiger charge is -2.43. The summed E-state index contributed by atoms with van der Waals surface area (Å²) in [6.07, 6.45) is 3.07. The van der Waals surface area contributed by atoms with E-state index >= 15 is 0 Å². The van der Waals surface area contributed by atoms with Crippen molar-refractivity contribution in [2.45, 2.75) is 44.7 Å². The van der Waals surface area contributed by atoms with Gasteiger partial charge in [0.15, 0.2) is 0 Å². The van der Waals surface area contributed by atoms with Crippen LogP contribution in [0.3, 0.4) is 0 Å². The third kappa shape index (κ3) is 4.17. The predicted octanol–water partition coefficient (Wildman–Crippen LogP) is 2.55. The molecule has 0 saturated carbocycles. The maximum atomic E-state index is 13.5. The van der Waals surface area contributed by atoms with Gasteiger partial charge in [0.25, 0.3) is 0 Å². The molecule has 3 rings (SSSR count). The van der Waals surface area contributed by atoms with E-state index in [0.717, 1.165) is 37.2 Å². The number of carbonyl (C=O) groups is 2. The minimum Gasteiger partial charge on any atom is -0.497 e. The molecule has 154 valence electrons. The smallest absolute Gasteiger partial charge is 0.228 e. The van der Waals surface area contributed by atoms with E-state index in [2.05, 4.69) is 11.9 Å². The van der Waals surface area contributed by atoms with Crippen LogP contribution in [0.2, 0.25) is 0 Å². The zero-order valence-corrected chi connectivity index (χ0v) is 17.6. The Morgan fingerprint density at radius 1 is 1.18 bits per heavy atom. The number of amides is 2. The Labute approximate surface area is 168 Å². The van der Waals surface area contributed by atoms with Crippen molar-refractivity contribution in [3.63, 3.8) is 0 Å². The first-order chi connectivity index (χ1) is 13.5. The van der Waals surface area contributed by atoms with Gasteiger partial charge in [0.2, 0.25) is 11.8 Å². The molecule has 0 radical (unpaired) electrons. The fraction of sp³-hybridized carbons (Fsp3) is 0.636. The van der Waals surface area contributed by atoms with E-state index in [1.807, 2.05) is 48.0 Å². The molecule has 0 aromatic heterocycles. The highest BCUT2D eigenvalue weighted by molar-refractivity contribution is 5.85. The van der Waals surface area contributed by atoms with Gasteiger partial charge in [-0.3, -0.25) is 9.59 Å². The van der Waals surface area contributed by atoms with Crippen molar-refractivity contribution in [3.8, 4) is 5.75 Å². The van der Waals surface area contributed by atoms with Crippen molar-refractivity contribution < 1.29 is 14.3 Å². The normalized spacial score (nSPS) is 24.3. The summed E-state index contributed by atoms with van der Waals surface area (Å²) in [5, 5.41) is 0. The molecule has 6 heteroatoms. The summed E-state index contributed by atoms with van der Waals surface area (Å²) < 4.78 is 5.27. The third-order valence-corrected chi connectivity index (χ3v) is 6.41. The van der Waals surface area contributed by atoms with Crippen LogP contribution < -0.4 is 4.74 Å². The lowest BCUT2D eigenvalue weighted by molar-refractivity contribution is -0.148. The van der Waals surface area contributed by atoms with Crippen LogP contribution in [0.5, 0.6) is 5.75 Å². The van der Waals surface area contributed by atoms with Crippen molar-refractivity contribution in [3.05, 3.63) is 29.8 Å². The van der Waals surface area contributed by atoms with Crippen molar-refractivity contribution in [1.29, 1.82) is 0 Å². The quantitative estimate of drug-likeness (QED) is 0.779. The summed E-state index contributed by atoms with van der Waals surface area (Å²) in [6.45, 7) is 4.64. The van der Waals surface area contributed by atoms with E-state index in [1.54, 1.807) is 7.11 Å². The van der Waals surface area contributed by atoms with Gasteiger partial charge in [0.1, 0.15) is 5.75 Å². The number of piperidine rings is 2. The Morgan fingerprint density at radius 3 is 2.39 bits per heavy atom. The number of rotatable bonds is 5. The second-order valence-electron chi connectivity index (χ2n) is 8.03. The zero-order chi connectivity index (χ0) is 20.3. The van der Waals surface area contributed by atoms with Gasteiger partial charge in [-0.25, -0.2) is 0 Å². The van der Waals surface area contributed by atoms with Crippen LogP contribution in [-0.2, 0) is 9.59 Å². The van der Waals surface area contributed by atoms with Gasteiger partial charge in [0.05, 0.1) is 19.1 Å². The van der Waals surface area contributed by atoms with E-state index in [9.17, 15) is 9.59 Å². The Balaban J connectivity index is 1.85. The van der Waals surface area contributed by atoms with Gasteiger partial charge in [-0.2, -0.15) is 0 Å². The van der Waals surface area contributed by atoms with Crippen LogP contribution in [0.15, 0.2) is 24.3 Å². The van der Waals surface area contributed by atoms with Crippen LogP contribution in [-0.4, -0.2) is 73.4 Å². The lowest BCUT2D eigenvalue weighted by atomic mass is 9.82. The molecule has 6 nitrogen and oxygen atoms in total. The lowest BCUT2D eigenvalue weighted by Crippen LogP contribution is -2.51. The van der Waals surface area contributed by atoms with Crippen LogP contribution >= 0.6 is 0 Å². The molecule has 0 spiro atoms. The molecule has 1 aromatic rings. The number of carbonyl (C=O) groups excluding carboxylic acids is 2. The van der Waals surface area contributed by atoms with E-state index in [-0.39, 0.29) is 29.8 Å². The Bertz CT molecular complexity index is 683. The Morgan fingerprint density at radius 2 is 1.82 bits per heavy atom. The molecule has 0 unspecified atom stereocenters. The summed E-state index contributed by atoms with van der Waals surface area (Å²) in [7, 11) is 5.71. The molecule has 2 atom stereocenters. The van der Waals surface area contributed by atoms with Gasteiger partial charge in [-0.1, -0.05) is 12.1 Å².